The van der Waals surface area contributed by atoms with Gasteiger partial charge in [-0.15, -0.1) is 0 Å². The molecule has 1 rings (SSSR count). The van der Waals surface area contributed by atoms with E-state index in [1.807, 2.05) is 0 Å². The molecule has 18 heavy (non-hydrogen) atoms. The summed E-state index contributed by atoms with van der Waals surface area (Å²) in [6, 6.07) is 0.542. The normalized spacial score (nSPS) is 22.3. The molecule has 0 aliphatic carbocycles. The average Bonchev–Trinajstić information content (AvgIpc) is 2.36. The average molecular weight is 254 g/mol. The molecule has 0 aromatic heterocycles. The molecule has 1 aliphatic heterocycles. The Morgan fingerprint density at radius 2 is 2.00 bits per heavy atom. The number of hydrogen-bond donors (Lipinski definition) is 2. The third kappa shape index (κ3) is 5.25. The van der Waals surface area contributed by atoms with Crippen LogP contribution in [0.1, 0.15) is 40.5 Å². The van der Waals surface area contributed by atoms with Crippen LogP contribution in [-0.4, -0.2) is 49.6 Å². The van der Waals surface area contributed by atoms with Gasteiger partial charge in [-0.25, -0.2) is 0 Å². The maximum absolute atomic E-state index is 4.66. The van der Waals surface area contributed by atoms with Crippen LogP contribution in [0.2, 0.25) is 0 Å². The Morgan fingerprint density at radius 3 is 2.56 bits per heavy atom. The number of aliphatic imine (C=N–C) groups is 1. The molecule has 0 bridgehead atoms. The lowest BCUT2D eigenvalue weighted by Crippen LogP contribution is -2.43. The van der Waals surface area contributed by atoms with Crippen molar-refractivity contribution in [1.82, 2.24) is 15.5 Å². The highest BCUT2D eigenvalue weighted by Crippen LogP contribution is 2.17. The van der Waals surface area contributed by atoms with Crippen LogP contribution in [0.4, 0.5) is 0 Å². The predicted octanol–water partition coefficient (Wildman–Crippen LogP) is 1.68. The third-order valence-electron chi connectivity index (χ3n) is 3.51. The summed E-state index contributed by atoms with van der Waals surface area (Å²) in [5, 5.41) is 6.54. The van der Waals surface area contributed by atoms with Gasteiger partial charge in [0.05, 0.1) is 6.54 Å². The molecule has 1 saturated heterocycles. The molecule has 2 N–H and O–H groups in total. The fourth-order valence-electron chi connectivity index (χ4n) is 2.47. The lowest BCUT2D eigenvalue weighted by molar-refractivity contribution is 0.142. The van der Waals surface area contributed by atoms with Crippen molar-refractivity contribution in [2.24, 2.45) is 10.9 Å². The van der Waals surface area contributed by atoms with Crippen molar-refractivity contribution in [2.75, 3.05) is 32.7 Å². The van der Waals surface area contributed by atoms with Crippen molar-refractivity contribution in [3.8, 4) is 0 Å². The maximum Gasteiger partial charge on any atom is 0.191 e. The second-order valence-corrected chi connectivity index (χ2v) is 5.34. The van der Waals surface area contributed by atoms with Gasteiger partial charge in [-0.1, -0.05) is 6.92 Å². The molecule has 2 unspecified atom stereocenters. The Hall–Kier alpha value is -0.770. The Balaban J connectivity index is 2.41. The molecule has 0 amide bonds. The van der Waals surface area contributed by atoms with Gasteiger partial charge in [0, 0.05) is 25.7 Å². The van der Waals surface area contributed by atoms with Gasteiger partial charge in [0.25, 0.3) is 0 Å². The topological polar surface area (TPSA) is 39.7 Å². The molecule has 0 aromatic rings. The highest BCUT2D eigenvalue weighted by atomic mass is 15.2. The van der Waals surface area contributed by atoms with E-state index in [-0.39, 0.29) is 0 Å². The summed E-state index contributed by atoms with van der Waals surface area (Å²) < 4.78 is 0. The first-order valence-corrected chi connectivity index (χ1v) is 7.43. The van der Waals surface area contributed by atoms with E-state index in [9.17, 15) is 0 Å². The van der Waals surface area contributed by atoms with Gasteiger partial charge in [0.2, 0.25) is 0 Å². The van der Waals surface area contributed by atoms with E-state index in [2.05, 4.69) is 48.2 Å². The van der Waals surface area contributed by atoms with Gasteiger partial charge in [0.15, 0.2) is 5.96 Å². The standard InChI is InChI=1S/C14H30N4/c1-5-15-14(16-6-2)17-10-13(4)18-9-7-8-12(3)11-18/h12-13H,5-11H2,1-4H3,(H2,15,16,17). The van der Waals surface area contributed by atoms with E-state index in [4.69, 9.17) is 0 Å². The molecule has 0 spiro atoms. The second kappa shape index (κ2) is 8.35. The van der Waals surface area contributed by atoms with E-state index in [0.717, 1.165) is 31.5 Å². The Kier molecular flexibility index (Phi) is 7.09. The first-order chi connectivity index (χ1) is 8.67. The second-order valence-electron chi connectivity index (χ2n) is 5.34. The summed E-state index contributed by atoms with van der Waals surface area (Å²) in [6.45, 7) is 14.0. The van der Waals surface area contributed by atoms with Gasteiger partial charge in [-0.05, 0) is 46.1 Å². The van der Waals surface area contributed by atoms with Crippen LogP contribution in [0.5, 0.6) is 0 Å². The van der Waals surface area contributed by atoms with Crippen molar-refractivity contribution >= 4 is 5.96 Å². The molecule has 1 heterocycles. The van der Waals surface area contributed by atoms with Gasteiger partial charge >= 0.3 is 0 Å². The number of likely N-dealkylation sites (tertiary alicyclic amines) is 1. The van der Waals surface area contributed by atoms with Crippen LogP contribution in [-0.2, 0) is 0 Å². The largest absolute Gasteiger partial charge is 0.357 e. The van der Waals surface area contributed by atoms with Crippen molar-refractivity contribution in [1.29, 1.82) is 0 Å². The van der Waals surface area contributed by atoms with Crippen LogP contribution in [0.3, 0.4) is 0 Å². The smallest absolute Gasteiger partial charge is 0.191 e. The minimum absolute atomic E-state index is 0.542. The molecule has 4 nitrogen and oxygen atoms in total. The quantitative estimate of drug-likeness (QED) is 0.579. The zero-order valence-electron chi connectivity index (χ0n) is 12.5. The summed E-state index contributed by atoms with van der Waals surface area (Å²) in [6.07, 6.45) is 2.72. The maximum atomic E-state index is 4.66. The predicted molar refractivity (Wildman–Crippen MR) is 79.1 cm³/mol. The lowest BCUT2D eigenvalue weighted by Gasteiger charge is -2.35. The monoisotopic (exact) mass is 254 g/mol. The highest BCUT2D eigenvalue weighted by Gasteiger charge is 2.20. The molecule has 0 aromatic carbocycles. The Labute approximate surface area is 112 Å². The van der Waals surface area contributed by atoms with E-state index < -0.39 is 0 Å². The molecule has 0 saturated carbocycles. The van der Waals surface area contributed by atoms with Gasteiger partial charge in [0.1, 0.15) is 0 Å². The number of guanidine groups is 1. The zero-order chi connectivity index (χ0) is 13.4. The van der Waals surface area contributed by atoms with Crippen LogP contribution in [0.15, 0.2) is 4.99 Å². The number of piperidine rings is 1. The number of nitrogens with one attached hydrogen (secondary N) is 2. The van der Waals surface area contributed by atoms with Crippen molar-refractivity contribution < 1.29 is 0 Å². The van der Waals surface area contributed by atoms with E-state index in [1.165, 1.54) is 25.9 Å². The summed E-state index contributed by atoms with van der Waals surface area (Å²) in [5.41, 5.74) is 0. The third-order valence-corrected chi connectivity index (χ3v) is 3.51. The lowest BCUT2D eigenvalue weighted by atomic mass is 9.99. The summed E-state index contributed by atoms with van der Waals surface area (Å²) in [7, 11) is 0. The van der Waals surface area contributed by atoms with Crippen molar-refractivity contribution in [2.45, 2.75) is 46.6 Å². The van der Waals surface area contributed by atoms with Gasteiger partial charge < -0.3 is 10.6 Å². The van der Waals surface area contributed by atoms with Gasteiger partial charge in [-0.2, -0.15) is 0 Å². The fourth-order valence-corrected chi connectivity index (χ4v) is 2.47. The molecule has 4 heteroatoms. The molecule has 2 atom stereocenters. The minimum Gasteiger partial charge on any atom is -0.357 e. The Bertz CT molecular complexity index is 244. The van der Waals surface area contributed by atoms with Crippen LogP contribution < -0.4 is 10.6 Å². The first kappa shape index (κ1) is 15.3. The van der Waals surface area contributed by atoms with Crippen LogP contribution >= 0.6 is 0 Å². The molecule has 106 valence electrons. The van der Waals surface area contributed by atoms with Crippen LogP contribution in [0.25, 0.3) is 0 Å². The molecule has 0 radical (unpaired) electrons. The molecule has 1 fully saturated rings. The van der Waals surface area contributed by atoms with Gasteiger partial charge in [-0.3, -0.25) is 9.89 Å². The van der Waals surface area contributed by atoms with Crippen LogP contribution in [0, 0.1) is 5.92 Å². The molecular formula is C14H30N4. The summed E-state index contributed by atoms with van der Waals surface area (Å²) >= 11 is 0. The summed E-state index contributed by atoms with van der Waals surface area (Å²) in [5.74, 6) is 1.78. The summed E-state index contributed by atoms with van der Waals surface area (Å²) in [4.78, 5) is 7.23. The van der Waals surface area contributed by atoms with Crippen molar-refractivity contribution in [3.05, 3.63) is 0 Å². The molecular weight excluding hydrogens is 224 g/mol. The van der Waals surface area contributed by atoms with E-state index >= 15 is 0 Å². The number of rotatable bonds is 5. The fraction of sp³-hybridized carbons (Fsp3) is 0.929. The first-order valence-electron chi connectivity index (χ1n) is 7.43. The Morgan fingerprint density at radius 1 is 1.33 bits per heavy atom. The van der Waals surface area contributed by atoms with E-state index in [1.54, 1.807) is 0 Å². The number of hydrogen-bond acceptors (Lipinski definition) is 2. The number of nitrogens with zero attached hydrogens (tertiary/aromatic N) is 2. The van der Waals surface area contributed by atoms with Crippen molar-refractivity contribution in [3.63, 3.8) is 0 Å². The highest BCUT2D eigenvalue weighted by molar-refractivity contribution is 5.79. The van der Waals surface area contributed by atoms with E-state index in [0.29, 0.717) is 6.04 Å². The minimum atomic E-state index is 0.542. The SMILES string of the molecule is CCNC(=NCC(C)N1CCCC(C)C1)NCC. The zero-order valence-corrected chi connectivity index (χ0v) is 12.5. The molecule has 1 aliphatic rings.